The molecule has 2 rings (SSSR count). The Bertz CT molecular complexity index is 554. The van der Waals surface area contributed by atoms with E-state index in [9.17, 15) is 4.79 Å². The zero-order chi connectivity index (χ0) is 14.4. The molecule has 5 heteroatoms. The van der Waals surface area contributed by atoms with Crippen LogP contribution in [0.2, 0.25) is 5.02 Å². The lowest BCUT2D eigenvalue weighted by atomic mass is 10.1. The number of rotatable bonds is 5. The lowest BCUT2D eigenvalue weighted by Gasteiger charge is -2.16. The van der Waals surface area contributed by atoms with E-state index in [1.165, 1.54) is 10.9 Å². The van der Waals surface area contributed by atoms with Gasteiger partial charge in [0.15, 0.2) is 0 Å². The van der Waals surface area contributed by atoms with Gasteiger partial charge in [-0.05, 0) is 30.9 Å². The van der Waals surface area contributed by atoms with Crippen LogP contribution >= 0.6 is 11.6 Å². The largest absolute Gasteiger partial charge is 0.329 e. The fourth-order valence-electron chi connectivity index (χ4n) is 2.03. The van der Waals surface area contributed by atoms with Crippen LogP contribution in [0.1, 0.15) is 18.4 Å². The highest BCUT2D eigenvalue weighted by molar-refractivity contribution is 6.31. The molecule has 4 nitrogen and oxygen atoms in total. The van der Waals surface area contributed by atoms with E-state index in [1.54, 1.807) is 24.3 Å². The Morgan fingerprint density at radius 3 is 2.85 bits per heavy atom. The summed E-state index contributed by atoms with van der Waals surface area (Å²) in [7, 11) is 1.80. The van der Waals surface area contributed by atoms with Crippen LogP contribution < -0.4 is 0 Å². The molecule has 0 spiro atoms. The molecular weight excluding hydrogens is 274 g/mol. The van der Waals surface area contributed by atoms with Crippen molar-refractivity contribution in [3.8, 4) is 0 Å². The molecule has 0 radical (unpaired) electrons. The molecule has 0 N–H and O–H groups in total. The molecule has 1 aromatic carbocycles. The number of aromatic nitrogens is 2. The van der Waals surface area contributed by atoms with Gasteiger partial charge in [0.25, 0.3) is 0 Å². The van der Waals surface area contributed by atoms with Crippen LogP contribution in [-0.4, -0.2) is 34.1 Å². The molecule has 20 heavy (non-hydrogen) atoms. The van der Waals surface area contributed by atoms with Crippen molar-refractivity contribution in [1.29, 1.82) is 0 Å². The van der Waals surface area contributed by atoms with E-state index in [1.807, 2.05) is 24.3 Å². The molecule has 106 valence electrons. The van der Waals surface area contributed by atoms with Crippen molar-refractivity contribution in [2.45, 2.75) is 19.3 Å². The van der Waals surface area contributed by atoms with E-state index in [4.69, 9.17) is 11.6 Å². The van der Waals surface area contributed by atoms with Gasteiger partial charge in [-0.15, -0.1) is 0 Å². The first-order valence-corrected chi connectivity index (χ1v) is 7.03. The highest BCUT2D eigenvalue weighted by atomic mass is 35.5. The first kappa shape index (κ1) is 14.6. The summed E-state index contributed by atoms with van der Waals surface area (Å²) in [6, 6.07) is 7.83. The van der Waals surface area contributed by atoms with Crippen molar-refractivity contribution < 1.29 is 4.79 Å². The molecule has 1 aromatic heterocycles. The van der Waals surface area contributed by atoms with E-state index in [2.05, 4.69) is 4.98 Å². The van der Waals surface area contributed by atoms with Crippen molar-refractivity contribution in [2.75, 3.05) is 13.6 Å². The average molecular weight is 292 g/mol. The fourth-order valence-corrected chi connectivity index (χ4v) is 2.26. The standard InChI is InChI=1S/C15H18ClN3O/c1-18(15(20)19-11-9-17-12-19)10-5-4-7-13-6-2-3-8-14(13)16/h2-3,6,8-9,11-12H,4-5,7,10H2,1H3. The summed E-state index contributed by atoms with van der Waals surface area (Å²) in [4.78, 5) is 17.5. The number of amides is 1. The van der Waals surface area contributed by atoms with Crippen LogP contribution in [0.4, 0.5) is 4.79 Å². The molecule has 0 bridgehead atoms. The molecule has 1 amide bonds. The van der Waals surface area contributed by atoms with Crippen LogP contribution in [0.15, 0.2) is 43.0 Å². The average Bonchev–Trinajstić information content (AvgIpc) is 2.98. The summed E-state index contributed by atoms with van der Waals surface area (Å²) < 4.78 is 1.48. The molecule has 2 aromatic rings. The predicted molar refractivity (Wildman–Crippen MR) is 80.0 cm³/mol. The second-order valence-electron chi connectivity index (χ2n) is 4.72. The summed E-state index contributed by atoms with van der Waals surface area (Å²) in [5.74, 6) is 0. The van der Waals surface area contributed by atoms with Gasteiger partial charge < -0.3 is 4.90 Å². The summed E-state index contributed by atoms with van der Waals surface area (Å²) >= 11 is 6.11. The van der Waals surface area contributed by atoms with E-state index >= 15 is 0 Å². The second kappa shape index (κ2) is 7.10. The van der Waals surface area contributed by atoms with E-state index in [0.717, 1.165) is 36.4 Å². The molecule has 0 saturated heterocycles. The van der Waals surface area contributed by atoms with Gasteiger partial charge in [0.2, 0.25) is 0 Å². The Balaban J connectivity index is 1.73. The number of hydrogen-bond acceptors (Lipinski definition) is 2. The minimum atomic E-state index is -0.0553. The molecule has 0 fully saturated rings. The molecule has 0 saturated carbocycles. The predicted octanol–water partition coefficient (Wildman–Crippen LogP) is 3.46. The first-order valence-electron chi connectivity index (χ1n) is 6.65. The quantitative estimate of drug-likeness (QED) is 0.791. The molecule has 1 heterocycles. The third-order valence-corrected chi connectivity index (χ3v) is 3.57. The van der Waals surface area contributed by atoms with Crippen LogP contribution in [0.3, 0.4) is 0 Å². The number of nitrogens with zero attached hydrogens (tertiary/aromatic N) is 3. The maximum Gasteiger partial charge on any atom is 0.329 e. The highest BCUT2D eigenvalue weighted by Crippen LogP contribution is 2.17. The van der Waals surface area contributed by atoms with Crippen molar-refractivity contribution >= 4 is 17.6 Å². The van der Waals surface area contributed by atoms with Gasteiger partial charge in [-0.1, -0.05) is 29.8 Å². The zero-order valence-electron chi connectivity index (χ0n) is 11.5. The zero-order valence-corrected chi connectivity index (χ0v) is 12.3. The SMILES string of the molecule is CN(CCCCc1ccccc1Cl)C(=O)n1ccnc1. The van der Waals surface area contributed by atoms with Gasteiger partial charge in [-0.25, -0.2) is 9.78 Å². The smallest absolute Gasteiger partial charge is 0.327 e. The van der Waals surface area contributed by atoms with Crippen molar-refractivity contribution in [2.24, 2.45) is 0 Å². The van der Waals surface area contributed by atoms with Crippen molar-refractivity contribution in [1.82, 2.24) is 14.5 Å². The Labute approximate surface area is 124 Å². The van der Waals surface area contributed by atoms with Crippen LogP contribution in [-0.2, 0) is 6.42 Å². The molecular formula is C15H18ClN3O. The van der Waals surface area contributed by atoms with Gasteiger partial charge >= 0.3 is 6.03 Å². The number of hydrogen-bond donors (Lipinski definition) is 0. The van der Waals surface area contributed by atoms with Crippen molar-refractivity contribution in [3.63, 3.8) is 0 Å². The summed E-state index contributed by atoms with van der Waals surface area (Å²) in [5.41, 5.74) is 1.16. The third-order valence-electron chi connectivity index (χ3n) is 3.20. The molecule has 0 aliphatic carbocycles. The lowest BCUT2D eigenvalue weighted by Crippen LogP contribution is -2.31. The Hall–Kier alpha value is -1.81. The molecule has 0 atom stereocenters. The van der Waals surface area contributed by atoms with Crippen LogP contribution in [0, 0.1) is 0 Å². The van der Waals surface area contributed by atoms with Crippen molar-refractivity contribution in [3.05, 3.63) is 53.6 Å². The summed E-state index contributed by atoms with van der Waals surface area (Å²) in [6.45, 7) is 0.724. The maximum absolute atomic E-state index is 12.0. The highest BCUT2D eigenvalue weighted by Gasteiger charge is 2.09. The van der Waals surface area contributed by atoms with Crippen LogP contribution in [0.25, 0.3) is 0 Å². The van der Waals surface area contributed by atoms with E-state index in [-0.39, 0.29) is 6.03 Å². The van der Waals surface area contributed by atoms with Gasteiger partial charge in [-0.3, -0.25) is 4.57 Å². The fraction of sp³-hybridized carbons (Fsp3) is 0.333. The lowest BCUT2D eigenvalue weighted by molar-refractivity contribution is 0.209. The van der Waals surface area contributed by atoms with Gasteiger partial charge in [-0.2, -0.15) is 0 Å². The molecule has 0 aliphatic rings. The number of benzene rings is 1. The van der Waals surface area contributed by atoms with E-state index < -0.39 is 0 Å². The number of imidazole rings is 1. The third kappa shape index (κ3) is 3.84. The Kier molecular flexibility index (Phi) is 5.18. The first-order chi connectivity index (χ1) is 9.68. The Morgan fingerprint density at radius 1 is 1.35 bits per heavy atom. The number of unbranched alkanes of at least 4 members (excludes halogenated alkanes) is 1. The second-order valence-corrected chi connectivity index (χ2v) is 5.13. The minimum Gasteiger partial charge on any atom is -0.327 e. The number of halogens is 1. The monoisotopic (exact) mass is 291 g/mol. The molecule has 0 unspecified atom stereocenters. The normalized spacial score (nSPS) is 10.5. The summed E-state index contributed by atoms with van der Waals surface area (Å²) in [5, 5.41) is 0.815. The summed E-state index contributed by atoms with van der Waals surface area (Å²) in [6.07, 6.45) is 7.66. The maximum atomic E-state index is 12.0. The molecule has 0 aliphatic heterocycles. The number of carbonyl (C=O) groups is 1. The topological polar surface area (TPSA) is 38.1 Å². The van der Waals surface area contributed by atoms with Crippen LogP contribution in [0.5, 0.6) is 0 Å². The Morgan fingerprint density at radius 2 is 2.15 bits per heavy atom. The van der Waals surface area contributed by atoms with Gasteiger partial charge in [0, 0.05) is 31.0 Å². The minimum absolute atomic E-state index is 0.0553. The number of aryl methyl sites for hydroxylation is 1. The van der Waals surface area contributed by atoms with Gasteiger partial charge in [0.05, 0.1) is 0 Å². The van der Waals surface area contributed by atoms with Gasteiger partial charge in [0.1, 0.15) is 6.33 Å². The number of carbonyl (C=O) groups excluding carboxylic acids is 1. The van der Waals surface area contributed by atoms with E-state index in [0.29, 0.717) is 0 Å².